The van der Waals surface area contributed by atoms with E-state index < -0.39 is 45.6 Å². The summed E-state index contributed by atoms with van der Waals surface area (Å²) >= 11 is 0. The van der Waals surface area contributed by atoms with E-state index in [0.717, 1.165) is 36.4 Å². The molecule has 0 N–H and O–H groups in total. The lowest BCUT2D eigenvalue weighted by molar-refractivity contribution is -0.384. The first kappa shape index (κ1) is 17.6. The minimum absolute atomic E-state index is 0.548. The van der Waals surface area contributed by atoms with Gasteiger partial charge in [-0.25, -0.2) is 0 Å². The number of hydrogen-bond acceptors (Lipinski definition) is 3. The van der Waals surface area contributed by atoms with Crippen molar-refractivity contribution in [2.75, 3.05) is 0 Å². The minimum atomic E-state index is -5.17. The molecule has 0 saturated carbocycles. The Morgan fingerprint density at radius 3 is 2.08 bits per heavy atom. The number of nitro groups is 1. The van der Waals surface area contributed by atoms with Crippen LogP contribution in [0.2, 0.25) is 0 Å². The number of rotatable bonds is 3. The third kappa shape index (κ3) is 3.76. The maximum atomic E-state index is 13.2. The second kappa shape index (κ2) is 6.02. The van der Waals surface area contributed by atoms with E-state index in [2.05, 4.69) is 4.74 Å². The van der Waals surface area contributed by atoms with Gasteiger partial charge in [-0.15, -0.1) is 13.2 Å². The lowest BCUT2D eigenvalue weighted by Gasteiger charge is -2.17. The highest BCUT2D eigenvalue weighted by Gasteiger charge is 2.39. The summed E-state index contributed by atoms with van der Waals surface area (Å²) in [6, 6.07) is 6.04. The van der Waals surface area contributed by atoms with Crippen LogP contribution in [0.1, 0.15) is 5.56 Å². The summed E-state index contributed by atoms with van der Waals surface area (Å²) in [4.78, 5) is 9.94. The molecule has 0 unspecified atom stereocenters. The molecule has 0 aliphatic heterocycles. The monoisotopic (exact) mass is 351 g/mol. The Bertz CT molecular complexity index is 770. The van der Waals surface area contributed by atoms with Crippen LogP contribution < -0.4 is 4.74 Å². The van der Waals surface area contributed by atoms with Gasteiger partial charge in [0.05, 0.1) is 16.1 Å². The van der Waals surface area contributed by atoms with Crippen LogP contribution >= 0.6 is 0 Å². The Balaban J connectivity index is 2.79. The van der Waals surface area contributed by atoms with E-state index in [1.165, 1.54) is 0 Å². The SMILES string of the molecule is O=[N+]([O-])c1cccc(C(F)(F)F)c1-c1ccccc1OC(F)(F)F. The summed E-state index contributed by atoms with van der Waals surface area (Å²) < 4.78 is 80.5. The van der Waals surface area contributed by atoms with E-state index >= 15 is 0 Å². The summed E-state index contributed by atoms with van der Waals surface area (Å²) in [6.07, 6.45) is -10.2. The Morgan fingerprint density at radius 2 is 1.54 bits per heavy atom. The van der Waals surface area contributed by atoms with Gasteiger partial charge in [-0.3, -0.25) is 10.1 Å². The van der Waals surface area contributed by atoms with Gasteiger partial charge in [0.2, 0.25) is 0 Å². The highest BCUT2D eigenvalue weighted by molar-refractivity contribution is 5.81. The summed E-state index contributed by atoms with van der Waals surface area (Å²) in [5.74, 6) is -0.968. The molecule has 0 spiro atoms. The van der Waals surface area contributed by atoms with Crippen molar-refractivity contribution in [2.24, 2.45) is 0 Å². The zero-order valence-electron chi connectivity index (χ0n) is 11.5. The first-order chi connectivity index (χ1) is 11.0. The smallest absolute Gasteiger partial charge is 0.405 e. The molecule has 0 atom stereocenters. The van der Waals surface area contributed by atoms with E-state index in [1.807, 2.05) is 0 Å². The fraction of sp³-hybridized carbons (Fsp3) is 0.143. The molecule has 0 bridgehead atoms. The molecule has 24 heavy (non-hydrogen) atoms. The Kier molecular flexibility index (Phi) is 4.41. The zero-order valence-corrected chi connectivity index (χ0v) is 11.5. The molecule has 2 aromatic rings. The predicted octanol–water partition coefficient (Wildman–Crippen LogP) is 5.18. The second-order valence-corrected chi connectivity index (χ2v) is 4.50. The third-order valence-electron chi connectivity index (χ3n) is 2.93. The average Bonchev–Trinajstić information content (AvgIpc) is 2.44. The van der Waals surface area contributed by atoms with Crippen molar-refractivity contribution < 1.29 is 36.0 Å². The van der Waals surface area contributed by atoms with Crippen molar-refractivity contribution in [1.29, 1.82) is 0 Å². The molecule has 4 nitrogen and oxygen atoms in total. The molecule has 0 heterocycles. The first-order valence-electron chi connectivity index (χ1n) is 6.20. The second-order valence-electron chi connectivity index (χ2n) is 4.50. The summed E-state index contributed by atoms with van der Waals surface area (Å²) in [6.45, 7) is 0. The van der Waals surface area contributed by atoms with E-state index in [1.54, 1.807) is 0 Å². The third-order valence-corrected chi connectivity index (χ3v) is 2.93. The van der Waals surface area contributed by atoms with Crippen molar-refractivity contribution in [3.63, 3.8) is 0 Å². The Morgan fingerprint density at radius 1 is 0.917 bits per heavy atom. The van der Waals surface area contributed by atoms with Gasteiger partial charge >= 0.3 is 12.5 Å². The van der Waals surface area contributed by atoms with Crippen molar-refractivity contribution in [3.8, 4) is 16.9 Å². The van der Waals surface area contributed by atoms with Crippen LogP contribution in [0.3, 0.4) is 0 Å². The van der Waals surface area contributed by atoms with Gasteiger partial charge in [-0.05, 0) is 12.1 Å². The number of halogens is 6. The lowest BCUT2D eigenvalue weighted by atomic mass is 9.96. The molecule has 2 rings (SSSR count). The fourth-order valence-electron chi connectivity index (χ4n) is 2.10. The highest BCUT2D eigenvalue weighted by Crippen LogP contribution is 2.45. The summed E-state index contributed by atoms with van der Waals surface area (Å²) in [7, 11) is 0. The fourth-order valence-corrected chi connectivity index (χ4v) is 2.10. The maximum absolute atomic E-state index is 13.2. The number of nitro benzene ring substituents is 1. The predicted molar refractivity (Wildman–Crippen MR) is 70.2 cm³/mol. The van der Waals surface area contributed by atoms with E-state index in [0.29, 0.717) is 6.07 Å². The number of hydrogen-bond donors (Lipinski definition) is 0. The standard InChI is InChI=1S/C14H7F6NO3/c15-13(16,17)9-5-3-6-10(21(22)23)12(9)8-4-1-2-7-11(8)24-14(18,19)20/h1-7H. The summed E-state index contributed by atoms with van der Waals surface area (Å²) in [5, 5.41) is 11.0. The Hall–Kier alpha value is -2.78. The van der Waals surface area contributed by atoms with Crippen LogP contribution in [0.25, 0.3) is 11.1 Å². The first-order valence-corrected chi connectivity index (χ1v) is 6.20. The van der Waals surface area contributed by atoms with Crippen LogP contribution in [-0.2, 0) is 6.18 Å². The Labute approximate surface area is 130 Å². The molecule has 0 fully saturated rings. The lowest BCUT2D eigenvalue weighted by Crippen LogP contribution is -2.18. The number of benzene rings is 2. The molecule has 0 aromatic heterocycles. The molecule has 0 saturated heterocycles. The van der Waals surface area contributed by atoms with Gasteiger partial charge in [0.1, 0.15) is 5.75 Å². The van der Waals surface area contributed by atoms with Gasteiger partial charge < -0.3 is 4.74 Å². The molecular formula is C14H7F6NO3. The van der Waals surface area contributed by atoms with E-state index in [-0.39, 0.29) is 0 Å². The van der Waals surface area contributed by atoms with E-state index in [4.69, 9.17) is 0 Å². The topological polar surface area (TPSA) is 52.4 Å². The summed E-state index contributed by atoms with van der Waals surface area (Å²) in [5.41, 5.74) is -4.10. The van der Waals surface area contributed by atoms with Gasteiger partial charge in [0.25, 0.3) is 5.69 Å². The average molecular weight is 351 g/mol. The largest absolute Gasteiger partial charge is 0.573 e. The molecule has 2 aromatic carbocycles. The van der Waals surface area contributed by atoms with Gasteiger partial charge in [-0.1, -0.05) is 24.3 Å². The molecular weight excluding hydrogens is 344 g/mol. The van der Waals surface area contributed by atoms with Gasteiger partial charge in [-0.2, -0.15) is 13.2 Å². The molecule has 0 aliphatic carbocycles. The number of alkyl halides is 6. The molecule has 0 amide bonds. The van der Waals surface area contributed by atoms with Crippen LogP contribution in [0.5, 0.6) is 5.75 Å². The minimum Gasteiger partial charge on any atom is -0.405 e. The van der Waals surface area contributed by atoms with Gasteiger partial charge in [0, 0.05) is 11.6 Å². The van der Waals surface area contributed by atoms with Gasteiger partial charge in [0.15, 0.2) is 0 Å². The molecule has 10 heteroatoms. The zero-order chi connectivity index (χ0) is 18.1. The van der Waals surface area contributed by atoms with Crippen LogP contribution in [0.4, 0.5) is 32.0 Å². The highest BCUT2D eigenvalue weighted by atomic mass is 19.4. The van der Waals surface area contributed by atoms with Crippen LogP contribution in [-0.4, -0.2) is 11.3 Å². The molecule has 0 radical (unpaired) electrons. The van der Waals surface area contributed by atoms with E-state index in [9.17, 15) is 36.5 Å². The van der Waals surface area contributed by atoms with Crippen LogP contribution in [0, 0.1) is 10.1 Å². The maximum Gasteiger partial charge on any atom is 0.573 e. The van der Waals surface area contributed by atoms with Crippen molar-refractivity contribution >= 4 is 5.69 Å². The normalized spacial score (nSPS) is 12.1. The van der Waals surface area contributed by atoms with Crippen LogP contribution in [0.15, 0.2) is 42.5 Å². The van der Waals surface area contributed by atoms with Crippen molar-refractivity contribution in [2.45, 2.75) is 12.5 Å². The quantitative estimate of drug-likeness (QED) is 0.435. The number of para-hydroxylation sites is 1. The molecule has 0 aliphatic rings. The number of ether oxygens (including phenoxy) is 1. The molecule has 128 valence electrons. The van der Waals surface area contributed by atoms with Crippen molar-refractivity contribution in [3.05, 3.63) is 58.1 Å². The number of nitrogens with zero attached hydrogens (tertiary/aromatic N) is 1. The van der Waals surface area contributed by atoms with Crippen molar-refractivity contribution in [1.82, 2.24) is 0 Å².